The van der Waals surface area contributed by atoms with Crippen molar-refractivity contribution in [3.05, 3.63) is 42.5 Å². The summed E-state index contributed by atoms with van der Waals surface area (Å²) in [5.74, 6) is 0.959. The monoisotopic (exact) mass is 356 g/mol. The Bertz CT molecular complexity index is 704. The van der Waals surface area contributed by atoms with E-state index in [1.165, 1.54) is 5.56 Å². The van der Waals surface area contributed by atoms with Crippen molar-refractivity contribution in [2.45, 2.75) is 33.7 Å². The molecule has 0 atom stereocenters. The maximum absolute atomic E-state index is 12.1. The second-order valence-electron chi connectivity index (χ2n) is 7.86. The second-order valence-corrected chi connectivity index (χ2v) is 7.86. The zero-order valence-corrected chi connectivity index (χ0v) is 15.9. The molecule has 6 heteroatoms. The molecule has 0 aromatic carbocycles. The third-order valence-electron chi connectivity index (χ3n) is 4.59. The number of nitrogens with zero attached hydrogens (tertiary/aromatic N) is 3. The number of aromatic nitrogens is 1. The molecule has 140 valence electrons. The van der Waals surface area contributed by atoms with Crippen LogP contribution in [0, 0.1) is 5.41 Å². The van der Waals surface area contributed by atoms with Gasteiger partial charge in [-0.25, -0.2) is 4.98 Å². The highest BCUT2D eigenvalue weighted by molar-refractivity contribution is 5.94. The van der Waals surface area contributed by atoms with Crippen molar-refractivity contribution in [3.63, 3.8) is 0 Å². The topological polar surface area (TPSA) is 61.6 Å². The van der Waals surface area contributed by atoms with Crippen LogP contribution in [0.25, 0.3) is 0 Å². The second kappa shape index (κ2) is 7.91. The lowest BCUT2D eigenvalue weighted by atomic mass is 9.96. The first kappa shape index (κ1) is 18.5. The van der Waals surface area contributed by atoms with Crippen LogP contribution >= 0.6 is 0 Å². The molecule has 1 amide bonds. The quantitative estimate of drug-likeness (QED) is 0.910. The van der Waals surface area contributed by atoms with Gasteiger partial charge in [0, 0.05) is 43.7 Å². The fraction of sp³-hybridized carbons (Fsp3) is 0.500. The number of anilines is 2. The minimum atomic E-state index is -0.415. The average molecular weight is 356 g/mol. The highest BCUT2D eigenvalue weighted by Crippen LogP contribution is 2.20. The minimum absolute atomic E-state index is 0.00305. The lowest BCUT2D eigenvalue weighted by molar-refractivity contribution is -0.123. The van der Waals surface area contributed by atoms with Crippen LogP contribution in [0.3, 0.4) is 0 Å². The van der Waals surface area contributed by atoms with Gasteiger partial charge in [-0.05, 0) is 24.6 Å². The predicted molar refractivity (Wildman–Crippen MR) is 103 cm³/mol. The summed E-state index contributed by atoms with van der Waals surface area (Å²) in [6.45, 7) is 10.6. The van der Waals surface area contributed by atoms with Crippen molar-refractivity contribution in [2.75, 3.05) is 36.4 Å². The number of rotatable bonds is 4. The van der Waals surface area contributed by atoms with Crippen LogP contribution in [0.1, 0.15) is 32.8 Å². The lowest BCUT2D eigenvalue weighted by Crippen LogP contribution is -2.31. The minimum Gasteiger partial charge on any atom is -0.472 e. The Morgan fingerprint density at radius 2 is 2.04 bits per heavy atom. The van der Waals surface area contributed by atoms with E-state index in [4.69, 9.17) is 4.42 Å². The molecule has 0 aliphatic carbocycles. The van der Waals surface area contributed by atoms with Crippen LogP contribution in [0.4, 0.5) is 11.5 Å². The van der Waals surface area contributed by atoms with Crippen molar-refractivity contribution in [2.24, 2.45) is 5.41 Å². The maximum Gasteiger partial charge on any atom is 0.229 e. The van der Waals surface area contributed by atoms with Gasteiger partial charge in [-0.3, -0.25) is 9.69 Å². The third-order valence-corrected chi connectivity index (χ3v) is 4.59. The molecule has 0 saturated carbocycles. The number of furan rings is 1. The Hall–Kier alpha value is -2.34. The number of carbonyl (C=O) groups excluding carboxylic acids is 1. The molecular weight excluding hydrogens is 328 g/mol. The summed E-state index contributed by atoms with van der Waals surface area (Å²) in [7, 11) is 0. The van der Waals surface area contributed by atoms with Crippen LogP contribution < -0.4 is 10.2 Å². The summed E-state index contributed by atoms with van der Waals surface area (Å²) >= 11 is 0. The first-order chi connectivity index (χ1) is 12.4. The average Bonchev–Trinajstić information content (AvgIpc) is 2.99. The van der Waals surface area contributed by atoms with Crippen molar-refractivity contribution >= 4 is 17.4 Å². The summed E-state index contributed by atoms with van der Waals surface area (Å²) in [5, 5.41) is 2.92. The maximum atomic E-state index is 12.1. The molecule has 6 nitrogen and oxygen atoms in total. The van der Waals surface area contributed by atoms with Crippen molar-refractivity contribution in [3.8, 4) is 0 Å². The highest BCUT2D eigenvalue weighted by Gasteiger charge is 2.21. The molecule has 1 saturated heterocycles. The molecule has 1 fully saturated rings. The van der Waals surface area contributed by atoms with Gasteiger partial charge in [-0.1, -0.05) is 20.8 Å². The molecule has 1 N–H and O–H groups in total. The molecule has 1 aliphatic heterocycles. The third kappa shape index (κ3) is 4.85. The Balaban J connectivity index is 1.56. The Morgan fingerprint density at radius 3 is 2.69 bits per heavy atom. The van der Waals surface area contributed by atoms with E-state index in [1.807, 2.05) is 45.2 Å². The number of carbonyl (C=O) groups is 1. The molecule has 0 radical (unpaired) electrons. The van der Waals surface area contributed by atoms with Crippen LogP contribution in [0.5, 0.6) is 0 Å². The van der Waals surface area contributed by atoms with Gasteiger partial charge in [-0.2, -0.15) is 0 Å². The Kier molecular flexibility index (Phi) is 5.61. The molecule has 1 aliphatic rings. The molecular formula is C20H28N4O2. The molecule has 26 heavy (non-hydrogen) atoms. The zero-order valence-electron chi connectivity index (χ0n) is 15.9. The van der Waals surface area contributed by atoms with Crippen LogP contribution in [-0.2, 0) is 11.3 Å². The van der Waals surface area contributed by atoms with E-state index < -0.39 is 5.41 Å². The number of amides is 1. The number of nitrogens with one attached hydrogen (secondary N) is 1. The van der Waals surface area contributed by atoms with Gasteiger partial charge in [0.25, 0.3) is 0 Å². The van der Waals surface area contributed by atoms with E-state index in [-0.39, 0.29) is 5.91 Å². The van der Waals surface area contributed by atoms with E-state index in [0.29, 0.717) is 0 Å². The zero-order chi connectivity index (χ0) is 18.6. The summed E-state index contributed by atoms with van der Waals surface area (Å²) in [6, 6.07) is 5.94. The highest BCUT2D eigenvalue weighted by atomic mass is 16.3. The van der Waals surface area contributed by atoms with Crippen LogP contribution in [0.15, 0.2) is 41.3 Å². The largest absolute Gasteiger partial charge is 0.472 e. The Labute approximate surface area is 155 Å². The first-order valence-corrected chi connectivity index (χ1v) is 9.18. The Morgan fingerprint density at radius 1 is 1.19 bits per heavy atom. The van der Waals surface area contributed by atoms with Crippen molar-refractivity contribution in [1.29, 1.82) is 0 Å². The van der Waals surface area contributed by atoms with Gasteiger partial charge < -0.3 is 14.6 Å². The van der Waals surface area contributed by atoms with Crippen LogP contribution in [-0.4, -0.2) is 42.0 Å². The van der Waals surface area contributed by atoms with Gasteiger partial charge in [0.15, 0.2) is 0 Å². The van der Waals surface area contributed by atoms with Crippen molar-refractivity contribution < 1.29 is 9.21 Å². The van der Waals surface area contributed by atoms with Gasteiger partial charge in [0.05, 0.1) is 24.4 Å². The normalized spacial score (nSPS) is 16.3. The van der Waals surface area contributed by atoms with E-state index in [1.54, 1.807) is 12.5 Å². The number of hydrogen-bond donors (Lipinski definition) is 1. The molecule has 3 rings (SSSR count). The standard InChI is InChI=1S/C20H28N4O2/c1-20(2,3)19(25)22-17-5-6-18(21-13-17)24-9-4-8-23(10-11-24)14-16-7-12-26-15-16/h5-7,12-13,15H,4,8-11,14H2,1-3H3,(H,22,25). The molecule has 2 aromatic rings. The fourth-order valence-corrected chi connectivity index (χ4v) is 2.96. The fourth-order valence-electron chi connectivity index (χ4n) is 2.96. The molecule has 0 unspecified atom stereocenters. The predicted octanol–water partition coefficient (Wildman–Crippen LogP) is 3.37. The van der Waals surface area contributed by atoms with E-state index in [9.17, 15) is 4.79 Å². The van der Waals surface area contributed by atoms with Crippen LogP contribution in [0.2, 0.25) is 0 Å². The molecule has 0 bridgehead atoms. The molecule has 3 heterocycles. The first-order valence-electron chi connectivity index (χ1n) is 9.18. The smallest absolute Gasteiger partial charge is 0.229 e. The van der Waals surface area contributed by atoms with Crippen molar-refractivity contribution in [1.82, 2.24) is 9.88 Å². The SMILES string of the molecule is CC(C)(C)C(=O)Nc1ccc(N2CCCN(Cc3ccoc3)CC2)nc1. The summed E-state index contributed by atoms with van der Waals surface area (Å²) < 4.78 is 5.16. The number of pyridine rings is 1. The van der Waals surface area contributed by atoms with Gasteiger partial charge >= 0.3 is 0 Å². The molecule has 2 aromatic heterocycles. The van der Waals surface area contributed by atoms with E-state index in [2.05, 4.69) is 20.1 Å². The number of hydrogen-bond acceptors (Lipinski definition) is 5. The van der Waals surface area contributed by atoms with Gasteiger partial charge in [-0.15, -0.1) is 0 Å². The summed E-state index contributed by atoms with van der Waals surface area (Å²) in [4.78, 5) is 21.4. The van der Waals surface area contributed by atoms with Gasteiger partial charge in [0.1, 0.15) is 5.82 Å². The van der Waals surface area contributed by atoms with E-state index >= 15 is 0 Å². The van der Waals surface area contributed by atoms with E-state index in [0.717, 1.165) is 50.6 Å². The van der Waals surface area contributed by atoms with Gasteiger partial charge in [0.2, 0.25) is 5.91 Å². The summed E-state index contributed by atoms with van der Waals surface area (Å²) in [6.07, 6.45) is 6.38. The molecule has 0 spiro atoms. The summed E-state index contributed by atoms with van der Waals surface area (Å²) in [5.41, 5.74) is 1.54. The lowest BCUT2D eigenvalue weighted by Gasteiger charge is -2.23.